The minimum absolute atomic E-state index is 0. The van der Waals surface area contributed by atoms with Gasteiger partial charge >= 0.3 is 29.6 Å². The molecule has 156 valence electrons. The summed E-state index contributed by atoms with van der Waals surface area (Å²) < 4.78 is 33.8. The molecule has 0 unspecified atom stereocenters. The van der Waals surface area contributed by atoms with E-state index < -0.39 is 10.1 Å². The molecule has 0 spiro atoms. The van der Waals surface area contributed by atoms with Crippen LogP contribution in [0.2, 0.25) is 0 Å². The summed E-state index contributed by atoms with van der Waals surface area (Å²) in [6, 6.07) is 6.59. The number of benzene rings is 1. The molecular formula is C23H39NaO3S. The SMILES string of the molecule is CCCCCCCCCCCCCCCCCc1ccccc1S(=O)(=O)[O-].[Na+]. The van der Waals surface area contributed by atoms with E-state index >= 15 is 0 Å². The molecule has 0 saturated heterocycles. The average molecular weight is 419 g/mol. The van der Waals surface area contributed by atoms with Crippen molar-refractivity contribution in [1.29, 1.82) is 0 Å². The summed E-state index contributed by atoms with van der Waals surface area (Å²) in [5, 5.41) is 0. The molecule has 28 heavy (non-hydrogen) atoms. The van der Waals surface area contributed by atoms with Gasteiger partial charge in [-0.1, -0.05) is 115 Å². The van der Waals surface area contributed by atoms with Gasteiger partial charge in [0.2, 0.25) is 0 Å². The van der Waals surface area contributed by atoms with Gasteiger partial charge in [0.1, 0.15) is 10.1 Å². The van der Waals surface area contributed by atoms with Crippen LogP contribution in [0, 0.1) is 0 Å². The van der Waals surface area contributed by atoms with E-state index in [-0.39, 0.29) is 34.5 Å². The number of hydrogen-bond acceptors (Lipinski definition) is 3. The van der Waals surface area contributed by atoms with Crippen molar-refractivity contribution >= 4 is 10.1 Å². The summed E-state index contributed by atoms with van der Waals surface area (Å²) in [5.74, 6) is 0. The van der Waals surface area contributed by atoms with Crippen molar-refractivity contribution in [2.45, 2.75) is 115 Å². The first kappa shape index (κ1) is 28.1. The van der Waals surface area contributed by atoms with E-state index in [1.54, 1.807) is 18.2 Å². The summed E-state index contributed by atoms with van der Waals surface area (Å²) in [7, 11) is -4.35. The average Bonchev–Trinajstić information content (AvgIpc) is 2.64. The van der Waals surface area contributed by atoms with Gasteiger partial charge in [-0.05, 0) is 24.5 Å². The zero-order valence-corrected chi connectivity index (χ0v) is 21.1. The number of rotatable bonds is 17. The molecule has 0 aliphatic rings. The van der Waals surface area contributed by atoms with E-state index in [0.29, 0.717) is 12.0 Å². The monoisotopic (exact) mass is 418 g/mol. The molecule has 0 aliphatic carbocycles. The molecule has 0 saturated carbocycles. The maximum atomic E-state index is 11.3. The van der Waals surface area contributed by atoms with Crippen LogP contribution in [0.25, 0.3) is 0 Å². The van der Waals surface area contributed by atoms with E-state index in [1.807, 2.05) is 0 Å². The minimum Gasteiger partial charge on any atom is -0.744 e. The van der Waals surface area contributed by atoms with Crippen LogP contribution in [-0.4, -0.2) is 13.0 Å². The Balaban J connectivity index is 0.00000729. The van der Waals surface area contributed by atoms with Crippen molar-refractivity contribution in [1.82, 2.24) is 0 Å². The van der Waals surface area contributed by atoms with Gasteiger partial charge in [0.15, 0.2) is 0 Å². The molecule has 0 aromatic heterocycles. The van der Waals surface area contributed by atoms with E-state index in [0.717, 1.165) is 12.8 Å². The molecule has 0 aliphatic heterocycles. The van der Waals surface area contributed by atoms with Crippen LogP contribution in [0.1, 0.15) is 109 Å². The van der Waals surface area contributed by atoms with Crippen molar-refractivity contribution in [3.8, 4) is 0 Å². The fraction of sp³-hybridized carbons (Fsp3) is 0.739. The van der Waals surface area contributed by atoms with E-state index in [2.05, 4.69) is 6.92 Å². The van der Waals surface area contributed by atoms with Gasteiger partial charge in [0, 0.05) is 0 Å². The normalized spacial score (nSPS) is 11.4. The number of aryl methyl sites for hydroxylation is 1. The van der Waals surface area contributed by atoms with Crippen LogP contribution in [0.5, 0.6) is 0 Å². The van der Waals surface area contributed by atoms with Crippen molar-refractivity contribution < 1.29 is 42.5 Å². The molecule has 1 rings (SSSR count). The molecule has 0 bridgehead atoms. The summed E-state index contributed by atoms with van der Waals surface area (Å²) >= 11 is 0. The van der Waals surface area contributed by atoms with Crippen molar-refractivity contribution in [2.24, 2.45) is 0 Å². The minimum atomic E-state index is -4.35. The first-order valence-electron chi connectivity index (χ1n) is 11.1. The van der Waals surface area contributed by atoms with E-state index in [1.165, 1.54) is 89.5 Å². The summed E-state index contributed by atoms with van der Waals surface area (Å²) in [6.45, 7) is 2.26. The molecule has 0 fully saturated rings. The first-order chi connectivity index (χ1) is 13.1. The third-order valence-corrected chi connectivity index (χ3v) is 6.23. The second-order valence-corrected chi connectivity index (χ2v) is 9.11. The quantitative estimate of drug-likeness (QED) is 0.218. The summed E-state index contributed by atoms with van der Waals surface area (Å²) in [6.07, 6.45) is 20.4. The molecule has 5 heteroatoms. The predicted molar refractivity (Wildman–Crippen MR) is 113 cm³/mol. The standard InChI is InChI=1S/C23H40O3S.Na/c1-2-3-4-5-6-7-8-9-10-11-12-13-14-15-16-19-22-20-17-18-21-23(22)27(24,25)26;/h17-18,20-21H,2-16,19H2,1H3,(H,24,25,26);/q;+1/p-1. The van der Waals surface area contributed by atoms with Gasteiger partial charge in [-0.2, -0.15) is 0 Å². The number of hydrogen-bond donors (Lipinski definition) is 0. The fourth-order valence-electron chi connectivity index (χ4n) is 3.64. The fourth-order valence-corrected chi connectivity index (χ4v) is 4.38. The second kappa shape index (κ2) is 17.9. The Bertz CT molecular complexity index is 587. The molecule has 1 aromatic rings. The maximum absolute atomic E-state index is 11.3. The topological polar surface area (TPSA) is 57.2 Å². The van der Waals surface area contributed by atoms with Gasteiger partial charge in [-0.15, -0.1) is 0 Å². The van der Waals surface area contributed by atoms with Crippen LogP contribution in [-0.2, 0) is 16.5 Å². The Labute approximate surface area is 196 Å². The van der Waals surface area contributed by atoms with E-state index in [9.17, 15) is 13.0 Å². The summed E-state index contributed by atoms with van der Waals surface area (Å²) in [4.78, 5) is -0.0460. The zero-order chi connectivity index (χ0) is 19.8. The molecule has 3 nitrogen and oxygen atoms in total. The van der Waals surface area contributed by atoms with Gasteiger partial charge in [0.05, 0.1) is 4.90 Å². The molecule has 0 N–H and O–H groups in total. The van der Waals surface area contributed by atoms with Crippen LogP contribution >= 0.6 is 0 Å². The van der Waals surface area contributed by atoms with Gasteiger partial charge in [-0.3, -0.25) is 0 Å². The predicted octanol–water partition coefficient (Wildman–Crippen LogP) is 4.01. The molecule has 0 atom stereocenters. The van der Waals surface area contributed by atoms with Gasteiger partial charge in [-0.25, -0.2) is 8.42 Å². The third-order valence-electron chi connectivity index (χ3n) is 5.29. The van der Waals surface area contributed by atoms with Crippen LogP contribution in [0.3, 0.4) is 0 Å². The molecular weight excluding hydrogens is 379 g/mol. The maximum Gasteiger partial charge on any atom is 1.00 e. The molecule has 1 aromatic carbocycles. The molecule has 0 radical (unpaired) electrons. The van der Waals surface area contributed by atoms with E-state index in [4.69, 9.17) is 0 Å². The van der Waals surface area contributed by atoms with Gasteiger partial charge < -0.3 is 4.55 Å². The Kier molecular flexibility index (Phi) is 18.0. The molecule has 0 amide bonds. The van der Waals surface area contributed by atoms with Crippen LogP contribution < -0.4 is 29.6 Å². The molecule has 0 heterocycles. The van der Waals surface area contributed by atoms with Gasteiger partial charge in [0.25, 0.3) is 0 Å². The van der Waals surface area contributed by atoms with Crippen molar-refractivity contribution in [2.75, 3.05) is 0 Å². The first-order valence-corrected chi connectivity index (χ1v) is 12.5. The Hall–Kier alpha value is 0.130. The smallest absolute Gasteiger partial charge is 0.744 e. The Morgan fingerprint density at radius 3 is 1.50 bits per heavy atom. The van der Waals surface area contributed by atoms with Crippen LogP contribution in [0.15, 0.2) is 29.2 Å². The largest absolute Gasteiger partial charge is 1.00 e. The Morgan fingerprint density at radius 1 is 0.679 bits per heavy atom. The number of unbranched alkanes of at least 4 members (excludes halogenated alkanes) is 14. The van der Waals surface area contributed by atoms with Crippen molar-refractivity contribution in [3.05, 3.63) is 29.8 Å². The third kappa shape index (κ3) is 14.2. The van der Waals surface area contributed by atoms with Crippen LogP contribution in [0.4, 0.5) is 0 Å². The summed E-state index contributed by atoms with van der Waals surface area (Å²) in [5.41, 5.74) is 0.669. The van der Waals surface area contributed by atoms with Crippen molar-refractivity contribution in [3.63, 3.8) is 0 Å². The zero-order valence-electron chi connectivity index (χ0n) is 18.3. The second-order valence-electron chi connectivity index (χ2n) is 7.76. The Morgan fingerprint density at radius 2 is 1.07 bits per heavy atom.